The van der Waals surface area contributed by atoms with Crippen LogP contribution < -0.4 is 0 Å². The molecular weight excluding hydrogens is 304 g/mol. The lowest BCUT2D eigenvalue weighted by molar-refractivity contribution is 1.38. The molecule has 0 aromatic heterocycles. The van der Waals surface area contributed by atoms with Crippen LogP contribution in [0.4, 0.5) is 0 Å². The molecule has 0 atom stereocenters. The Morgan fingerprint density at radius 1 is 0.727 bits per heavy atom. The standard InChI is InChI=1S/C20H16S2/c1-15-9-5-6-12-17(15)20(21)18-13-7-8-14-19(18)22-16-10-3-2-4-11-16/h2-14H,1H3. The van der Waals surface area contributed by atoms with Gasteiger partial charge in [0.15, 0.2) is 0 Å². The molecular formula is C20H16S2. The monoisotopic (exact) mass is 320 g/mol. The second-order valence-electron chi connectivity index (χ2n) is 5.06. The Bertz CT molecular complexity index is 792. The second-order valence-corrected chi connectivity index (χ2v) is 6.58. The molecule has 2 heteroatoms. The van der Waals surface area contributed by atoms with E-state index < -0.39 is 0 Å². The summed E-state index contributed by atoms with van der Waals surface area (Å²) in [5.41, 5.74) is 3.48. The van der Waals surface area contributed by atoms with Crippen LogP contribution in [0.5, 0.6) is 0 Å². The molecule has 3 aromatic carbocycles. The second kappa shape index (κ2) is 6.91. The lowest BCUT2D eigenvalue weighted by Crippen LogP contribution is -2.03. The van der Waals surface area contributed by atoms with Crippen LogP contribution in [0.3, 0.4) is 0 Å². The highest BCUT2D eigenvalue weighted by Crippen LogP contribution is 2.32. The summed E-state index contributed by atoms with van der Waals surface area (Å²) in [7, 11) is 0. The molecule has 0 saturated heterocycles. The Balaban J connectivity index is 1.98. The van der Waals surface area contributed by atoms with Gasteiger partial charge in [0.1, 0.15) is 0 Å². The van der Waals surface area contributed by atoms with Gasteiger partial charge in [-0.1, -0.05) is 84.6 Å². The molecule has 0 heterocycles. The van der Waals surface area contributed by atoms with E-state index in [1.807, 2.05) is 18.2 Å². The van der Waals surface area contributed by atoms with Gasteiger partial charge in [-0.3, -0.25) is 0 Å². The van der Waals surface area contributed by atoms with Gasteiger partial charge in [0.05, 0.1) is 4.86 Å². The van der Waals surface area contributed by atoms with Crippen LogP contribution in [0, 0.1) is 6.92 Å². The maximum atomic E-state index is 5.76. The van der Waals surface area contributed by atoms with Gasteiger partial charge in [0.2, 0.25) is 0 Å². The number of rotatable bonds is 4. The predicted molar refractivity (Wildman–Crippen MR) is 99.0 cm³/mol. The van der Waals surface area contributed by atoms with Crippen LogP contribution in [0.1, 0.15) is 16.7 Å². The third kappa shape index (κ3) is 3.29. The summed E-state index contributed by atoms with van der Waals surface area (Å²) in [4.78, 5) is 3.33. The smallest absolute Gasteiger partial charge is 0.0535 e. The summed E-state index contributed by atoms with van der Waals surface area (Å²) in [6, 6.07) is 27.1. The number of hydrogen-bond acceptors (Lipinski definition) is 2. The van der Waals surface area contributed by atoms with Crippen LogP contribution in [0.2, 0.25) is 0 Å². The number of benzene rings is 3. The molecule has 0 spiro atoms. The van der Waals surface area contributed by atoms with Crippen LogP contribution in [-0.4, -0.2) is 4.86 Å². The van der Waals surface area contributed by atoms with Gasteiger partial charge in [-0.15, -0.1) is 0 Å². The minimum absolute atomic E-state index is 0.914. The van der Waals surface area contributed by atoms with E-state index in [0.29, 0.717) is 0 Å². The highest BCUT2D eigenvalue weighted by Gasteiger charge is 2.12. The Hall–Kier alpha value is -1.90. The maximum absolute atomic E-state index is 5.76. The largest absolute Gasteiger partial charge is 0.0894 e. The molecule has 3 rings (SSSR count). The molecule has 0 saturated carbocycles. The lowest BCUT2D eigenvalue weighted by atomic mass is 10.0. The molecule has 0 radical (unpaired) electrons. The molecule has 108 valence electrons. The Kier molecular flexibility index (Phi) is 4.71. The molecule has 0 fully saturated rings. The summed E-state index contributed by atoms with van der Waals surface area (Å²) >= 11 is 7.52. The van der Waals surface area contributed by atoms with E-state index in [4.69, 9.17) is 12.2 Å². The topological polar surface area (TPSA) is 0 Å². The van der Waals surface area contributed by atoms with Crippen molar-refractivity contribution >= 4 is 28.8 Å². The molecule has 0 unspecified atom stereocenters. The van der Waals surface area contributed by atoms with Crippen molar-refractivity contribution in [2.45, 2.75) is 16.7 Å². The highest BCUT2D eigenvalue weighted by molar-refractivity contribution is 7.99. The number of thiocarbonyl (C=S) groups is 1. The van der Waals surface area contributed by atoms with Crippen molar-refractivity contribution in [3.63, 3.8) is 0 Å². The first kappa shape index (κ1) is 15.0. The SMILES string of the molecule is Cc1ccccc1C(=S)c1ccccc1Sc1ccccc1. The average Bonchev–Trinajstić information content (AvgIpc) is 2.56. The normalized spacial score (nSPS) is 10.4. The molecule has 0 aliphatic rings. The van der Waals surface area contributed by atoms with Crippen molar-refractivity contribution in [2.24, 2.45) is 0 Å². The van der Waals surface area contributed by atoms with Crippen molar-refractivity contribution in [3.05, 3.63) is 95.6 Å². The van der Waals surface area contributed by atoms with Crippen molar-refractivity contribution in [2.75, 3.05) is 0 Å². The molecule has 0 bridgehead atoms. The third-order valence-corrected chi connectivity index (χ3v) is 5.02. The summed E-state index contributed by atoms with van der Waals surface area (Å²) in [5.74, 6) is 0. The zero-order valence-corrected chi connectivity index (χ0v) is 14.0. The van der Waals surface area contributed by atoms with Crippen LogP contribution >= 0.6 is 24.0 Å². The third-order valence-electron chi connectivity index (χ3n) is 3.49. The molecule has 0 aliphatic heterocycles. The summed E-state index contributed by atoms with van der Waals surface area (Å²) < 4.78 is 0. The first-order valence-electron chi connectivity index (χ1n) is 7.18. The molecule has 0 N–H and O–H groups in total. The van der Waals surface area contributed by atoms with Crippen molar-refractivity contribution in [1.29, 1.82) is 0 Å². The van der Waals surface area contributed by atoms with Gasteiger partial charge in [-0.05, 0) is 36.2 Å². The number of aryl methyl sites for hydroxylation is 1. The molecule has 3 aromatic rings. The first-order chi connectivity index (χ1) is 10.8. The van der Waals surface area contributed by atoms with Gasteiger partial charge in [-0.2, -0.15) is 0 Å². The molecule has 0 amide bonds. The summed E-state index contributed by atoms with van der Waals surface area (Å²) in [5, 5.41) is 0. The van der Waals surface area contributed by atoms with Gasteiger partial charge in [0.25, 0.3) is 0 Å². The highest BCUT2D eigenvalue weighted by atomic mass is 32.2. The first-order valence-corrected chi connectivity index (χ1v) is 8.40. The zero-order chi connectivity index (χ0) is 15.4. The van der Waals surface area contributed by atoms with E-state index in [9.17, 15) is 0 Å². The van der Waals surface area contributed by atoms with Crippen molar-refractivity contribution in [1.82, 2.24) is 0 Å². The minimum Gasteiger partial charge on any atom is -0.0894 e. The summed E-state index contributed by atoms with van der Waals surface area (Å²) in [6.45, 7) is 2.11. The van der Waals surface area contributed by atoms with Crippen LogP contribution in [0.15, 0.2) is 88.7 Å². The van der Waals surface area contributed by atoms with E-state index in [0.717, 1.165) is 16.0 Å². The Morgan fingerprint density at radius 2 is 1.32 bits per heavy atom. The van der Waals surface area contributed by atoms with E-state index in [-0.39, 0.29) is 0 Å². The maximum Gasteiger partial charge on any atom is 0.0535 e. The van der Waals surface area contributed by atoms with E-state index >= 15 is 0 Å². The van der Waals surface area contributed by atoms with Gasteiger partial charge in [-0.25, -0.2) is 0 Å². The van der Waals surface area contributed by atoms with Crippen LogP contribution in [0.25, 0.3) is 0 Å². The fraction of sp³-hybridized carbons (Fsp3) is 0.0500. The number of hydrogen-bond donors (Lipinski definition) is 0. The molecule has 22 heavy (non-hydrogen) atoms. The quantitative estimate of drug-likeness (QED) is 0.433. The fourth-order valence-electron chi connectivity index (χ4n) is 2.33. The van der Waals surface area contributed by atoms with E-state index in [2.05, 4.69) is 67.6 Å². The average molecular weight is 320 g/mol. The summed E-state index contributed by atoms with van der Waals surface area (Å²) in [6.07, 6.45) is 0. The Morgan fingerprint density at radius 3 is 2.05 bits per heavy atom. The zero-order valence-electron chi connectivity index (χ0n) is 12.3. The van der Waals surface area contributed by atoms with Gasteiger partial charge < -0.3 is 0 Å². The van der Waals surface area contributed by atoms with Gasteiger partial charge in [0, 0.05) is 15.4 Å². The lowest BCUT2D eigenvalue weighted by Gasteiger charge is -2.12. The fourth-order valence-corrected chi connectivity index (χ4v) is 3.78. The Labute approximate surface area is 141 Å². The van der Waals surface area contributed by atoms with E-state index in [1.54, 1.807) is 11.8 Å². The van der Waals surface area contributed by atoms with Crippen molar-refractivity contribution < 1.29 is 0 Å². The minimum atomic E-state index is 0.914. The van der Waals surface area contributed by atoms with Gasteiger partial charge >= 0.3 is 0 Å². The molecule has 0 aliphatic carbocycles. The van der Waals surface area contributed by atoms with E-state index in [1.165, 1.54) is 15.4 Å². The van der Waals surface area contributed by atoms with Crippen molar-refractivity contribution in [3.8, 4) is 0 Å². The predicted octanol–water partition coefficient (Wildman–Crippen LogP) is 5.91. The molecule has 0 nitrogen and oxygen atoms in total. The van der Waals surface area contributed by atoms with Crippen LogP contribution in [-0.2, 0) is 0 Å².